The van der Waals surface area contributed by atoms with Crippen LogP contribution in [0.25, 0.3) is 16.5 Å². The van der Waals surface area contributed by atoms with Gasteiger partial charge in [-0.2, -0.15) is 0 Å². The molecule has 3 aromatic heterocycles. The van der Waals surface area contributed by atoms with Gasteiger partial charge in [0.25, 0.3) is 5.56 Å². The van der Waals surface area contributed by atoms with Crippen molar-refractivity contribution in [2.24, 2.45) is 7.05 Å². The maximum Gasteiger partial charge on any atom is 0.276 e. The molecule has 7 nitrogen and oxygen atoms in total. The molecule has 0 radical (unpaired) electrons. The van der Waals surface area contributed by atoms with Crippen molar-refractivity contribution in [1.82, 2.24) is 19.3 Å². The van der Waals surface area contributed by atoms with Crippen LogP contribution >= 0.6 is 0 Å². The summed E-state index contributed by atoms with van der Waals surface area (Å²) in [7, 11) is 1.65. The van der Waals surface area contributed by atoms with E-state index in [-0.39, 0.29) is 11.7 Å². The molecule has 1 unspecified atom stereocenters. The van der Waals surface area contributed by atoms with Gasteiger partial charge in [-0.15, -0.1) is 5.10 Å². The molecule has 1 atom stereocenters. The Kier molecular flexibility index (Phi) is 4.70. The summed E-state index contributed by atoms with van der Waals surface area (Å²) in [6.45, 7) is 5.14. The summed E-state index contributed by atoms with van der Waals surface area (Å²) in [6.07, 6.45) is 6.84. The van der Waals surface area contributed by atoms with Gasteiger partial charge < -0.3 is 14.0 Å². The highest BCUT2D eigenvalue weighted by atomic mass is 16.5. The highest BCUT2D eigenvalue weighted by Crippen LogP contribution is 2.31. The van der Waals surface area contributed by atoms with Gasteiger partial charge in [0.2, 0.25) is 5.88 Å². The summed E-state index contributed by atoms with van der Waals surface area (Å²) >= 11 is 0. The summed E-state index contributed by atoms with van der Waals surface area (Å²) in [6, 6.07) is 3.85. The molecule has 7 heteroatoms. The Morgan fingerprint density at radius 1 is 1.26 bits per heavy atom. The number of ether oxygens (including phenoxy) is 2. The topological polar surface area (TPSA) is 71.2 Å². The first-order chi connectivity index (χ1) is 13.1. The predicted octanol–water partition coefficient (Wildman–Crippen LogP) is 2.68. The second-order valence-corrected chi connectivity index (χ2v) is 7.00. The van der Waals surface area contributed by atoms with E-state index >= 15 is 0 Å². The molecular formula is C20H24N4O3. The minimum Gasteiger partial charge on any atom is -0.473 e. The molecule has 1 aliphatic rings. The molecule has 0 amide bonds. The van der Waals surface area contributed by atoms with E-state index in [9.17, 15) is 4.79 Å². The van der Waals surface area contributed by atoms with Crippen LogP contribution in [0.15, 0.2) is 29.3 Å². The van der Waals surface area contributed by atoms with E-state index in [2.05, 4.69) is 10.1 Å². The third kappa shape index (κ3) is 3.12. The maximum absolute atomic E-state index is 12.8. The average molecular weight is 368 g/mol. The molecule has 0 aromatic carbocycles. The largest absolute Gasteiger partial charge is 0.473 e. The van der Waals surface area contributed by atoms with E-state index in [1.165, 1.54) is 4.68 Å². The van der Waals surface area contributed by atoms with E-state index in [1.54, 1.807) is 19.4 Å². The third-order valence-corrected chi connectivity index (χ3v) is 5.19. The van der Waals surface area contributed by atoms with Crippen molar-refractivity contribution in [3.8, 4) is 11.6 Å². The summed E-state index contributed by atoms with van der Waals surface area (Å²) < 4.78 is 15.2. The highest BCUT2D eigenvalue weighted by molar-refractivity contribution is 5.92. The van der Waals surface area contributed by atoms with Gasteiger partial charge in [-0.05, 0) is 45.2 Å². The fraction of sp³-hybridized carbons (Fsp3) is 0.450. The molecule has 0 aliphatic carbocycles. The number of aromatic nitrogens is 4. The lowest BCUT2D eigenvalue weighted by Crippen LogP contribution is -2.27. The molecule has 27 heavy (non-hydrogen) atoms. The smallest absolute Gasteiger partial charge is 0.276 e. The molecule has 1 fully saturated rings. The number of hydrogen-bond donors (Lipinski definition) is 0. The van der Waals surface area contributed by atoms with Crippen molar-refractivity contribution in [3.05, 3.63) is 46.3 Å². The minimum absolute atomic E-state index is 0.0784. The second kappa shape index (κ2) is 7.15. The SMILES string of the molecule is Cc1c2c(OCC3CCCCO3)nn(C)c(=O)c2c(C)n1-c1cccnc1. The van der Waals surface area contributed by atoms with Crippen LogP contribution in [0.5, 0.6) is 5.88 Å². The molecule has 4 heterocycles. The molecule has 0 spiro atoms. The second-order valence-electron chi connectivity index (χ2n) is 7.00. The standard InChI is InChI=1S/C20H24N4O3/c1-13-17-18(14(2)24(13)15-7-6-9-21-11-15)20(25)23(3)22-19(17)27-12-16-8-4-5-10-26-16/h6-7,9,11,16H,4-5,8,10,12H2,1-3H3. The van der Waals surface area contributed by atoms with Gasteiger partial charge in [-0.3, -0.25) is 9.78 Å². The van der Waals surface area contributed by atoms with Crippen LogP contribution in [0.3, 0.4) is 0 Å². The number of rotatable bonds is 4. The fourth-order valence-electron chi connectivity index (χ4n) is 3.84. The van der Waals surface area contributed by atoms with Gasteiger partial charge in [0.1, 0.15) is 6.61 Å². The molecule has 4 rings (SSSR count). The first-order valence-corrected chi connectivity index (χ1v) is 9.31. The predicted molar refractivity (Wildman–Crippen MR) is 103 cm³/mol. The van der Waals surface area contributed by atoms with Crippen molar-refractivity contribution in [2.45, 2.75) is 39.2 Å². The zero-order chi connectivity index (χ0) is 19.0. The third-order valence-electron chi connectivity index (χ3n) is 5.19. The molecule has 1 saturated heterocycles. The van der Waals surface area contributed by atoms with Crippen molar-refractivity contribution in [2.75, 3.05) is 13.2 Å². The summed E-state index contributed by atoms with van der Waals surface area (Å²) in [4.78, 5) is 17.0. The number of aryl methyl sites for hydroxylation is 3. The Morgan fingerprint density at radius 3 is 2.78 bits per heavy atom. The summed E-state index contributed by atoms with van der Waals surface area (Å²) in [5.74, 6) is 0.476. The van der Waals surface area contributed by atoms with Crippen LogP contribution in [0.1, 0.15) is 30.7 Å². The van der Waals surface area contributed by atoms with Gasteiger partial charge in [-0.25, -0.2) is 4.68 Å². The van der Waals surface area contributed by atoms with E-state index in [0.29, 0.717) is 17.9 Å². The van der Waals surface area contributed by atoms with Crippen LogP contribution in [-0.4, -0.2) is 38.6 Å². The number of pyridine rings is 1. The maximum atomic E-state index is 12.8. The van der Waals surface area contributed by atoms with Crippen LogP contribution in [0, 0.1) is 13.8 Å². The van der Waals surface area contributed by atoms with Crippen LogP contribution in [0.4, 0.5) is 0 Å². The average Bonchev–Trinajstić information content (AvgIpc) is 2.96. The zero-order valence-electron chi connectivity index (χ0n) is 15.9. The molecule has 0 N–H and O–H groups in total. The lowest BCUT2D eigenvalue weighted by molar-refractivity contribution is -0.0119. The van der Waals surface area contributed by atoms with E-state index < -0.39 is 0 Å². The Balaban J connectivity index is 1.82. The highest BCUT2D eigenvalue weighted by Gasteiger charge is 2.23. The van der Waals surface area contributed by atoms with Gasteiger partial charge in [0, 0.05) is 31.2 Å². The van der Waals surface area contributed by atoms with Crippen LogP contribution in [-0.2, 0) is 11.8 Å². The summed E-state index contributed by atoms with van der Waals surface area (Å²) in [5.41, 5.74) is 2.55. The van der Waals surface area contributed by atoms with Crippen molar-refractivity contribution in [3.63, 3.8) is 0 Å². The Hall–Kier alpha value is -2.67. The molecule has 3 aromatic rings. The number of hydrogen-bond acceptors (Lipinski definition) is 5. The monoisotopic (exact) mass is 368 g/mol. The lowest BCUT2D eigenvalue weighted by Gasteiger charge is -2.22. The van der Waals surface area contributed by atoms with Gasteiger partial charge >= 0.3 is 0 Å². The zero-order valence-corrected chi connectivity index (χ0v) is 15.9. The molecule has 1 aliphatic heterocycles. The van der Waals surface area contributed by atoms with Gasteiger partial charge in [-0.1, -0.05) is 0 Å². The Morgan fingerprint density at radius 2 is 2.07 bits per heavy atom. The molecule has 0 saturated carbocycles. The van der Waals surface area contributed by atoms with Crippen molar-refractivity contribution >= 4 is 10.8 Å². The summed E-state index contributed by atoms with van der Waals surface area (Å²) in [5, 5.41) is 5.78. The number of nitrogens with zero attached hydrogens (tertiary/aromatic N) is 4. The van der Waals surface area contributed by atoms with Gasteiger partial charge in [0.15, 0.2) is 0 Å². The van der Waals surface area contributed by atoms with Crippen molar-refractivity contribution in [1.29, 1.82) is 0 Å². The molecule has 142 valence electrons. The Labute approximate surface area is 157 Å². The first kappa shape index (κ1) is 17.7. The van der Waals surface area contributed by atoms with Crippen LogP contribution < -0.4 is 10.3 Å². The van der Waals surface area contributed by atoms with E-state index in [4.69, 9.17) is 9.47 Å². The van der Waals surface area contributed by atoms with Crippen LogP contribution in [0.2, 0.25) is 0 Å². The lowest BCUT2D eigenvalue weighted by atomic mass is 10.1. The normalized spacial score (nSPS) is 17.4. The van der Waals surface area contributed by atoms with E-state index in [1.807, 2.05) is 30.5 Å². The Bertz CT molecular complexity index is 1020. The minimum atomic E-state index is -0.130. The quantitative estimate of drug-likeness (QED) is 0.708. The fourth-order valence-corrected chi connectivity index (χ4v) is 3.84. The van der Waals surface area contributed by atoms with E-state index in [0.717, 1.165) is 48.3 Å². The molecular weight excluding hydrogens is 344 g/mol. The number of fused-ring (bicyclic) bond motifs is 1. The first-order valence-electron chi connectivity index (χ1n) is 9.31. The van der Waals surface area contributed by atoms with Crippen molar-refractivity contribution < 1.29 is 9.47 Å². The van der Waals surface area contributed by atoms with Gasteiger partial charge in [0.05, 0.1) is 28.8 Å². The molecule has 0 bridgehead atoms.